The van der Waals surface area contributed by atoms with E-state index in [1.54, 1.807) is 39.0 Å². The van der Waals surface area contributed by atoms with E-state index in [4.69, 9.17) is 14.2 Å². The van der Waals surface area contributed by atoms with Gasteiger partial charge in [-0.1, -0.05) is 15.9 Å². The summed E-state index contributed by atoms with van der Waals surface area (Å²) in [5.41, 5.74) is 0.925. The van der Waals surface area contributed by atoms with Gasteiger partial charge < -0.3 is 14.2 Å². The van der Waals surface area contributed by atoms with Gasteiger partial charge in [0.15, 0.2) is 18.1 Å². The molecule has 11 heteroatoms. The van der Waals surface area contributed by atoms with Crippen molar-refractivity contribution in [2.24, 2.45) is 5.10 Å². The number of nitrogens with zero attached hydrogens (tertiary/aromatic N) is 3. The zero-order chi connectivity index (χ0) is 25.0. The molecule has 0 N–H and O–H groups in total. The van der Waals surface area contributed by atoms with E-state index < -0.39 is 5.97 Å². The number of aromatic nitrogens is 2. The number of esters is 1. The highest BCUT2D eigenvalue weighted by Gasteiger charge is 2.19. The smallest absolute Gasteiger partial charge is 0.344 e. The Morgan fingerprint density at radius 2 is 1.91 bits per heavy atom. The molecule has 0 saturated carbocycles. The Labute approximate surface area is 221 Å². The summed E-state index contributed by atoms with van der Waals surface area (Å²) >= 11 is 10.4. The number of aryl methyl sites for hydroxylation is 1. The molecule has 0 radical (unpaired) electrons. The summed E-state index contributed by atoms with van der Waals surface area (Å²) in [7, 11) is 0. The quantitative estimate of drug-likeness (QED) is 0.231. The van der Waals surface area contributed by atoms with Crippen LogP contribution in [0.15, 0.2) is 47.6 Å². The molecule has 0 atom stereocenters. The predicted molar refractivity (Wildman–Crippen MR) is 141 cm³/mol. The van der Waals surface area contributed by atoms with Crippen LogP contribution in [0, 0.1) is 6.92 Å². The average Bonchev–Trinajstić information content (AvgIpc) is 2.76. The number of carbonyl (C=O) groups excluding carboxylic acids is 1. The zero-order valence-electron chi connectivity index (χ0n) is 18.9. The van der Waals surface area contributed by atoms with Crippen LogP contribution in [0.1, 0.15) is 32.2 Å². The number of fused-ring (bicyclic) bond motifs is 1. The van der Waals surface area contributed by atoms with Gasteiger partial charge in [0, 0.05) is 14.5 Å². The summed E-state index contributed by atoms with van der Waals surface area (Å²) in [4.78, 5) is 29.4. The third kappa shape index (κ3) is 6.05. The van der Waals surface area contributed by atoms with Gasteiger partial charge in [0.25, 0.3) is 5.56 Å². The molecular weight excluding hydrogens is 638 g/mol. The number of hydrogen-bond acceptors (Lipinski definition) is 7. The lowest BCUT2D eigenvalue weighted by molar-refractivity contribution is -0.149. The number of halogens is 3. The monoisotopic (exact) mass is 657 g/mol. The normalized spacial score (nSPS) is 11.4. The van der Waals surface area contributed by atoms with E-state index in [-0.39, 0.29) is 18.3 Å². The first-order valence-corrected chi connectivity index (χ1v) is 12.7. The molecular formula is C23H22Br3N3O5. The van der Waals surface area contributed by atoms with E-state index >= 15 is 0 Å². The van der Waals surface area contributed by atoms with Gasteiger partial charge in [0.1, 0.15) is 5.82 Å². The molecule has 3 aromatic rings. The minimum atomic E-state index is -0.489. The molecule has 180 valence electrons. The van der Waals surface area contributed by atoms with Crippen LogP contribution in [0.2, 0.25) is 0 Å². The van der Waals surface area contributed by atoms with Gasteiger partial charge in [-0.05, 0) is 83.8 Å². The van der Waals surface area contributed by atoms with Crippen LogP contribution in [0.25, 0.3) is 10.9 Å². The fourth-order valence-electron chi connectivity index (χ4n) is 3.04. The van der Waals surface area contributed by atoms with Gasteiger partial charge in [-0.25, -0.2) is 9.78 Å². The minimum absolute atomic E-state index is 0.242. The fraction of sp³-hybridized carbons (Fsp3) is 0.304. The number of rotatable bonds is 8. The predicted octanol–water partition coefficient (Wildman–Crippen LogP) is 5.60. The third-order valence-electron chi connectivity index (χ3n) is 4.44. The summed E-state index contributed by atoms with van der Waals surface area (Å²) in [5.74, 6) is 0.703. The van der Waals surface area contributed by atoms with Crippen molar-refractivity contribution in [3.63, 3.8) is 0 Å². The molecule has 2 aromatic carbocycles. The van der Waals surface area contributed by atoms with E-state index in [0.29, 0.717) is 49.3 Å². The number of benzene rings is 2. The van der Waals surface area contributed by atoms with E-state index in [1.165, 1.54) is 10.9 Å². The van der Waals surface area contributed by atoms with Crippen molar-refractivity contribution in [1.82, 2.24) is 9.66 Å². The van der Waals surface area contributed by atoms with Gasteiger partial charge >= 0.3 is 5.97 Å². The topological polar surface area (TPSA) is 92.0 Å². The summed E-state index contributed by atoms with van der Waals surface area (Å²) in [6, 6.07) is 7.03. The fourth-order valence-corrected chi connectivity index (χ4v) is 4.34. The largest absolute Gasteiger partial charge is 0.490 e. The van der Waals surface area contributed by atoms with Crippen molar-refractivity contribution in [2.75, 3.05) is 13.2 Å². The van der Waals surface area contributed by atoms with Gasteiger partial charge in [-0.2, -0.15) is 9.78 Å². The zero-order valence-corrected chi connectivity index (χ0v) is 23.7. The Hall–Kier alpha value is -2.24. The SMILES string of the molecule is CCOc1cc(C=Nn2c(C)nc3ccc(Br)cc3c2=O)c(Br)c(Br)c1OCC(=O)OC(C)C. The Morgan fingerprint density at radius 3 is 2.59 bits per heavy atom. The summed E-state index contributed by atoms with van der Waals surface area (Å²) in [6.07, 6.45) is 1.28. The Kier molecular flexibility index (Phi) is 8.89. The van der Waals surface area contributed by atoms with Crippen molar-refractivity contribution in [3.05, 3.63) is 59.4 Å². The number of hydrogen-bond donors (Lipinski definition) is 0. The maximum atomic E-state index is 13.0. The maximum Gasteiger partial charge on any atom is 0.344 e. The van der Waals surface area contributed by atoms with E-state index in [0.717, 1.165) is 4.47 Å². The first-order chi connectivity index (χ1) is 16.1. The second-order valence-corrected chi connectivity index (χ2v) is 9.87. The highest BCUT2D eigenvalue weighted by Crippen LogP contribution is 2.42. The summed E-state index contributed by atoms with van der Waals surface area (Å²) in [5, 5.41) is 4.82. The van der Waals surface area contributed by atoms with Crippen LogP contribution in [0.5, 0.6) is 11.5 Å². The maximum absolute atomic E-state index is 13.0. The minimum Gasteiger partial charge on any atom is -0.490 e. The molecule has 0 unspecified atom stereocenters. The van der Waals surface area contributed by atoms with Crippen molar-refractivity contribution >= 4 is 70.9 Å². The molecule has 34 heavy (non-hydrogen) atoms. The first-order valence-electron chi connectivity index (χ1n) is 10.3. The van der Waals surface area contributed by atoms with Crippen LogP contribution in [-0.4, -0.2) is 41.2 Å². The van der Waals surface area contributed by atoms with Crippen LogP contribution in [0.3, 0.4) is 0 Å². The van der Waals surface area contributed by atoms with Crippen LogP contribution >= 0.6 is 47.8 Å². The van der Waals surface area contributed by atoms with Gasteiger partial charge in [-0.3, -0.25) is 4.79 Å². The van der Waals surface area contributed by atoms with E-state index in [9.17, 15) is 9.59 Å². The molecule has 0 bridgehead atoms. The first kappa shape index (κ1) is 26.4. The highest BCUT2D eigenvalue weighted by atomic mass is 79.9. The molecule has 0 fully saturated rings. The highest BCUT2D eigenvalue weighted by molar-refractivity contribution is 9.13. The molecule has 0 aliphatic carbocycles. The van der Waals surface area contributed by atoms with Gasteiger partial charge in [-0.15, -0.1) is 0 Å². The molecule has 0 spiro atoms. The Bertz CT molecular complexity index is 1320. The lowest BCUT2D eigenvalue weighted by atomic mass is 10.2. The van der Waals surface area contributed by atoms with Gasteiger partial charge in [0.05, 0.1) is 34.3 Å². The third-order valence-corrected chi connectivity index (χ3v) is 7.08. The standard InChI is InChI=1S/C23H22Br3N3O5/c1-5-32-18-8-14(20(25)21(26)22(18)33-11-19(30)34-12(2)3)10-27-29-13(4)28-17-7-6-15(24)9-16(17)23(29)31/h6-10,12H,5,11H2,1-4H3. The van der Waals surface area contributed by atoms with E-state index in [1.807, 2.05) is 13.0 Å². The molecule has 1 aromatic heterocycles. The molecule has 0 saturated heterocycles. The summed E-state index contributed by atoms with van der Waals surface area (Å²) < 4.78 is 19.7. The van der Waals surface area contributed by atoms with Gasteiger partial charge in [0.2, 0.25) is 0 Å². The van der Waals surface area contributed by atoms with Crippen LogP contribution in [0.4, 0.5) is 0 Å². The molecule has 8 nitrogen and oxygen atoms in total. The van der Waals surface area contributed by atoms with Crippen LogP contribution < -0.4 is 15.0 Å². The summed E-state index contributed by atoms with van der Waals surface area (Å²) in [6.45, 7) is 7.18. The second-order valence-electron chi connectivity index (χ2n) is 7.36. The molecule has 1 heterocycles. The van der Waals surface area contributed by atoms with Crippen molar-refractivity contribution in [3.8, 4) is 11.5 Å². The molecule has 0 amide bonds. The number of carbonyl (C=O) groups is 1. The Balaban J connectivity index is 1.99. The molecule has 0 aliphatic rings. The average molecular weight is 660 g/mol. The second kappa shape index (κ2) is 11.5. The van der Waals surface area contributed by atoms with Crippen molar-refractivity contribution < 1.29 is 19.0 Å². The molecule has 3 rings (SSSR count). The van der Waals surface area contributed by atoms with Crippen molar-refractivity contribution in [2.45, 2.75) is 33.8 Å². The number of ether oxygens (including phenoxy) is 3. The lowest BCUT2D eigenvalue weighted by Gasteiger charge is -2.16. The van der Waals surface area contributed by atoms with Crippen molar-refractivity contribution in [1.29, 1.82) is 0 Å². The van der Waals surface area contributed by atoms with Crippen LogP contribution in [-0.2, 0) is 9.53 Å². The lowest BCUT2D eigenvalue weighted by Crippen LogP contribution is -2.20. The van der Waals surface area contributed by atoms with E-state index in [2.05, 4.69) is 57.9 Å². The molecule has 0 aliphatic heterocycles. The Morgan fingerprint density at radius 1 is 1.18 bits per heavy atom.